The van der Waals surface area contributed by atoms with Crippen molar-refractivity contribution >= 4 is 16.9 Å². The van der Waals surface area contributed by atoms with Gasteiger partial charge >= 0.3 is 0 Å². The van der Waals surface area contributed by atoms with Crippen molar-refractivity contribution in [2.75, 3.05) is 0 Å². The summed E-state index contributed by atoms with van der Waals surface area (Å²) in [7, 11) is 0. The predicted molar refractivity (Wildman–Crippen MR) is 23.9 cm³/mol. The summed E-state index contributed by atoms with van der Waals surface area (Å²) in [4.78, 5) is 9.78. The Labute approximate surface area is 40.1 Å². The summed E-state index contributed by atoms with van der Waals surface area (Å²) in [5, 5.41) is 9.21. The zero-order chi connectivity index (χ0) is 4.99. The average molecular weight is 101 g/mol. The van der Waals surface area contributed by atoms with Gasteiger partial charge in [-0.3, -0.25) is 4.79 Å². The van der Waals surface area contributed by atoms with E-state index in [0.717, 1.165) is 0 Å². The van der Waals surface area contributed by atoms with Gasteiger partial charge in [-0.05, 0) is 0 Å². The molecule has 0 fully saturated rings. The van der Waals surface area contributed by atoms with Crippen molar-refractivity contribution in [2.24, 2.45) is 0 Å². The number of carbonyl (C=O) groups is 1. The molecular formula is C3H3NOS. The number of thiocyanates is 1. The van der Waals surface area contributed by atoms with Gasteiger partial charge in [0.2, 0.25) is 0 Å². The molecule has 0 rings (SSSR count). The third kappa shape index (κ3) is 3.51. The van der Waals surface area contributed by atoms with Crippen LogP contribution < -0.4 is 0 Å². The molecule has 32 valence electrons. The molecule has 0 bridgehead atoms. The molecule has 0 aromatic rings. The van der Waals surface area contributed by atoms with E-state index in [9.17, 15) is 4.79 Å². The fourth-order valence-corrected chi connectivity index (χ4v) is 0.193. The molecule has 0 aliphatic rings. The van der Waals surface area contributed by atoms with Gasteiger partial charge in [-0.2, -0.15) is 5.26 Å². The summed E-state index contributed by atoms with van der Waals surface area (Å²) in [6.07, 6.45) is 0. The van der Waals surface area contributed by atoms with E-state index in [2.05, 4.69) is 0 Å². The number of hydrogen-bond acceptors (Lipinski definition) is 3. The van der Waals surface area contributed by atoms with Crippen LogP contribution in [0.1, 0.15) is 6.92 Å². The first-order chi connectivity index (χ1) is 2.77. The van der Waals surface area contributed by atoms with E-state index in [1.165, 1.54) is 6.92 Å². The van der Waals surface area contributed by atoms with Gasteiger partial charge in [0.15, 0.2) is 5.12 Å². The van der Waals surface area contributed by atoms with E-state index in [1.807, 2.05) is 0 Å². The second-order valence-electron chi connectivity index (χ2n) is 0.685. The summed E-state index contributed by atoms with van der Waals surface area (Å²) in [5.74, 6) is 0. The van der Waals surface area contributed by atoms with E-state index in [-0.39, 0.29) is 5.12 Å². The summed E-state index contributed by atoms with van der Waals surface area (Å²) >= 11 is 0.653. The molecule has 0 N–H and O–H groups in total. The largest absolute Gasteiger partial charge is 0.286 e. The smallest absolute Gasteiger partial charge is 0.200 e. The fourth-order valence-electron chi connectivity index (χ4n) is 0.0643. The van der Waals surface area contributed by atoms with Crippen molar-refractivity contribution in [3.63, 3.8) is 0 Å². The van der Waals surface area contributed by atoms with Crippen LogP contribution in [0.3, 0.4) is 0 Å². The van der Waals surface area contributed by atoms with Crippen molar-refractivity contribution in [3.8, 4) is 5.40 Å². The second-order valence-corrected chi connectivity index (χ2v) is 1.65. The number of carbonyl (C=O) groups excluding carboxylic acids is 1. The molecule has 0 aromatic heterocycles. The van der Waals surface area contributed by atoms with Gasteiger partial charge in [0.05, 0.1) is 0 Å². The molecule has 0 unspecified atom stereocenters. The molecular weight excluding hydrogens is 98.1 g/mol. The van der Waals surface area contributed by atoms with Crippen molar-refractivity contribution in [3.05, 3.63) is 0 Å². The van der Waals surface area contributed by atoms with E-state index in [0.29, 0.717) is 11.8 Å². The van der Waals surface area contributed by atoms with Gasteiger partial charge in [-0.25, -0.2) is 0 Å². The number of nitrogens with zero attached hydrogens (tertiary/aromatic N) is 1. The molecule has 3 heteroatoms. The SMILES string of the molecule is CC(=O)SC#N. The van der Waals surface area contributed by atoms with E-state index in [4.69, 9.17) is 5.26 Å². The Hall–Kier alpha value is -0.490. The molecule has 0 radical (unpaired) electrons. The second kappa shape index (κ2) is 2.73. The predicted octanol–water partition coefficient (Wildman–Crippen LogP) is 0.747. The molecule has 2 nitrogen and oxygen atoms in total. The Morgan fingerprint density at radius 3 is 2.50 bits per heavy atom. The van der Waals surface area contributed by atoms with Crippen LogP contribution in [-0.2, 0) is 4.79 Å². The monoisotopic (exact) mass is 101 g/mol. The summed E-state index contributed by atoms with van der Waals surface area (Å²) in [6, 6.07) is 0. The maximum absolute atomic E-state index is 9.78. The van der Waals surface area contributed by atoms with E-state index < -0.39 is 0 Å². The summed E-state index contributed by atoms with van der Waals surface area (Å²) in [6.45, 7) is 1.36. The van der Waals surface area contributed by atoms with Gasteiger partial charge in [0, 0.05) is 18.7 Å². The molecule has 0 heterocycles. The van der Waals surface area contributed by atoms with Gasteiger partial charge in [0.25, 0.3) is 0 Å². The lowest BCUT2D eigenvalue weighted by molar-refractivity contribution is -0.109. The van der Waals surface area contributed by atoms with E-state index in [1.54, 1.807) is 5.40 Å². The first-order valence-corrected chi connectivity index (χ1v) is 2.15. The fraction of sp³-hybridized carbons (Fsp3) is 0.333. The van der Waals surface area contributed by atoms with Crippen LogP contribution in [0.5, 0.6) is 0 Å². The summed E-state index contributed by atoms with van der Waals surface area (Å²) < 4.78 is 0. The van der Waals surface area contributed by atoms with Crippen molar-refractivity contribution in [1.82, 2.24) is 0 Å². The third-order valence-corrected chi connectivity index (χ3v) is 0.568. The molecule has 0 amide bonds. The highest BCUT2D eigenvalue weighted by Gasteiger charge is 1.84. The normalized spacial score (nSPS) is 6.67. The highest BCUT2D eigenvalue weighted by Crippen LogP contribution is 1.93. The van der Waals surface area contributed by atoms with Gasteiger partial charge < -0.3 is 0 Å². The molecule has 0 aliphatic carbocycles. The number of thioether (sulfide) groups is 1. The van der Waals surface area contributed by atoms with Gasteiger partial charge in [0.1, 0.15) is 5.40 Å². The standard InChI is InChI=1S/C3H3NOS/c1-3(5)6-2-4/h1H3. The topological polar surface area (TPSA) is 40.9 Å². The van der Waals surface area contributed by atoms with Crippen LogP contribution in [0.2, 0.25) is 0 Å². The van der Waals surface area contributed by atoms with Crippen LogP contribution in [0, 0.1) is 10.7 Å². The summed E-state index contributed by atoms with van der Waals surface area (Å²) in [5.41, 5.74) is 0. The van der Waals surface area contributed by atoms with Gasteiger partial charge in [-0.15, -0.1) is 0 Å². The Kier molecular flexibility index (Phi) is 2.51. The number of nitriles is 1. The van der Waals surface area contributed by atoms with Crippen LogP contribution >= 0.6 is 11.8 Å². The minimum Gasteiger partial charge on any atom is -0.286 e. The van der Waals surface area contributed by atoms with Crippen molar-refractivity contribution in [2.45, 2.75) is 6.92 Å². The molecule has 0 aromatic carbocycles. The van der Waals surface area contributed by atoms with Gasteiger partial charge in [-0.1, -0.05) is 0 Å². The Bertz CT molecular complexity index is 93.5. The minimum absolute atomic E-state index is 0.155. The minimum atomic E-state index is -0.155. The molecule has 0 saturated carbocycles. The Balaban J connectivity index is 3.13. The van der Waals surface area contributed by atoms with E-state index >= 15 is 0 Å². The van der Waals surface area contributed by atoms with Crippen molar-refractivity contribution < 1.29 is 4.79 Å². The first-order valence-electron chi connectivity index (χ1n) is 1.34. The molecule has 0 spiro atoms. The third-order valence-electron chi connectivity index (χ3n) is 0.189. The van der Waals surface area contributed by atoms with Crippen LogP contribution in [0.15, 0.2) is 0 Å². The lowest BCUT2D eigenvalue weighted by Crippen LogP contribution is -1.72. The number of rotatable bonds is 0. The zero-order valence-electron chi connectivity index (χ0n) is 3.26. The van der Waals surface area contributed by atoms with Crippen LogP contribution in [-0.4, -0.2) is 5.12 Å². The van der Waals surface area contributed by atoms with Crippen LogP contribution in [0.4, 0.5) is 0 Å². The molecule has 0 atom stereocenters. The van der Waals surface area contributed by atoms with Crippen LogP contribution in [0.25, 0.3) is 0 Å². The average Bonchev–Trinajstić information content (AvgIpc) is 1.35. The lowest BCUT2D eigenvalue weighted by Gasteiger charge is -1.68. The zero-order valence-corrected chi connectivity index (χ0v) is 4.08. The molecule has 6 heavy (non-hydrogen) atoms. The first kappa shape index (κ1) is 5.51. The lowest BCUT2D eigenvalue weighted by atomic mass is 10.9. The highest BCUT2D eigenvalue weighted by atomic mass is 32.2. The quantitative estimate of drug-likeness (QED) is 0.423. The van der Waals surface area contributed by atoms with Crippen molar-refractivity contribution in [1.29, 1.82) is 5.26 Å². The molecule has 0 aliphatic heterocycles. The maximum Gasteiger partial charge on any atom is 0.200 e. The molecule has 0 saturated heterocycles. The maximum atomic E-state index is 9.78. The number of hydrogen-bond donors (Lipinski definition) is 0. The Morgan fingerprint density at radius 1 is 2.00 bits per heavy atom. The Morgan fingerprint density at radius 2 is 2.50 bits per heavy atom. The highest BCUT2D eigenvalue weighted by molar-refractivity contribution is 8.17.